The van der Waals surface area contributed by atoms with Crippen molar-refractivity contribution < 1.29 is 4.84 Å². The van der Waals surface area contributed by atoms with E-state index in [1.807, 2.05) is 48.5 Å². The van der Waals surface area contributed by atoms with Gasteiger partial charge in [-0.25, -0.2) is 4.98 Å². The summed E-state index contributed by atoms with van der Waals surface area (Å²) in [4.78, 5) is 24.7. The van der Waals surface area contributed by atoms with Gasteiger partial charge >= 0.3 is 0 Å². The van der Waals surface area contributed by atoms with E-state index in [2.05, 4.69) is 31.1 Å². The first kappa shape index (κ1) is 24.3. The van der Waals surface area contributed by atoms with Gasteiger partial charge in [0.25, 0.3) is 5.56 Å². The lowest BCUT2D eigenvalue weighted by molar-refractivity contribution is -0.0263. The highest BCUT2D eigenvalue weighted by Crippen LogP contribution is 2.39. The van der Waals surface area contributed by atoms with Crippen molar-refractivity contribution in [3.63, 3.8) is 0 Å². The minimum atomic E-state index is -0.470. The minimum Gasteiger partial charge on any atom is -0.384 e. The molecule has 2 heterocycles. The number of halogens is 1. The van der Waals surface area contributed by atoms with Crippen LogP contribution in [0.1, 0.15) is 62.9 Å². The zero-order valence-corrected chi connectivity index (χ0v) is 21.5. The molecule has 0 aliphatic carbocycles. The molecule has 36 heavy (non-hydrogen) atoms. The van der Waals surface area contributed by atoms with E-state index in [0.29, 0.717) is 22.3 Å². The Morgan fingerprint density at radius 2 is 1.78 bits per heavy atom. The standard InChI is InChI=1S/C30H30ClN3O2/c1-3-5-7-12-28-32-26-19-21(27-20-30(4-2,36-33-27)22-10-8-6-9-11-22)13-18-25(26)29(35)34(28)24-16-14-23(31)15-17-24/h6,8-11,13-19H,3-5,7,12,20H2,1-2H3. The van der Waals surface area contributed by atoms with E-state index in [1.54, 1.807) is 16.7 Å². The number of aromatic nitrogens is 2. The van der Waals surface area contributed by atoms with Gasteiger partial charge in [-0.15, -0.1) is 0 Å². The third kappa shape index (κ3) is 4.56. The smallest absolute Gasteiger partial charge is 0.265 e. The van der Waals surface area contributed by atoms with Gasteiger partial charge in [-0.05, 0) is 54.8 Å². The van der Waals surface area contributed by atoms with E-state index in [0.717, 1.165) is 60.5 Å². The summed E-state index contributed by atoms with van der Waals surface area (Å²) in [5.41, 5.74) is 3.85. The number of aryl methyl sites for hydroxylation is 1. The SMILES string of the molecule is CCCCCc1nc2cc(C3=NOC(CC)(c4ccccc4)C3)ccc2c(=O)n1-c1ccc(Cl)cc1. The molecule has 4 aromatic rings. The molecule has 0 fully saturated rings. The molecule has 1 aliphatic heterocycles. The van der Waals surface area contributed by atoms with Crippen molar-refractivity contribution in [3.8, 4) is 5.69 Å². The second-order valence-corrected chi connectivity index (χ2v) is 9.79. The highest BCUT2D eigenvalue weighted by Gasteiger charge is 2.39. The summed E-state index contributed by atoms with van der Waals surface area (Å²) in [5.74, 6) is 0.761. The summed E-state index contributed by atoms with van der Waals surface area (Å²) in [6, 6.07) is 23.4. The summed E-state index contributed by atoms with van der Waals surface area (Å²) in [6.45, 7) is 4.29. The lowest BCUT2D eigenvalue weighted by atomic mass is 9.85. The highest BCUT2D eigenvalue weighted by molar-refractivity contribution is 6.30. The maximum atomic E-state index is 13.7. The summed E-state index contributed by atoms with van der Waals surface area (Å²) in [6.07, 6.45) is 5.36. The Hall–Kier alpha value is -3.44. The van der Waals surface area contributed by atoms with Crippen LogP contribution in [0.3, 0.4) is 0 Å². The van der Waals surface area contributed by atoms with Crippen molar-refractivity contribution in [2.24, 2.45) is 5.16 Å². The van der Waals surface area contributed by atoms with Gasteiger partial charge in [-0.3, -0.25) is 9.36 Å². The van der Waals surface area contributed by atoms with Gasteiger partial charge < -0.3 is 4.84 Å². The molecule has 0 amide bonds. The van der Waals surface area contributed by atoms with Crippen LogP contribution in [0.4, 0.5) is 0 Å². The van der Waals surface area contributed by atoms with Crippen LogP contribution in [-0.4, -0.2) is 15.3 Å². The second kappa shape index (κ2) is 10.3. The van der Waals surface area contributed by atoms with Crippen LogP contribution in [0.15, 0.2) is 82.7 Å². The number of fused-ring (bicyclic) bond motifs is 1. The second-order valence-electron chi connectivity index (χ2n) is 9.35. The van der Waals surface area contributed by atoms with Gasteiger partial charge in [0, 0.05) is 23.4 Å². The molecule has 0 saturated carbocycles. The van der Waals surface area contributed by atoms with Gasteiger partial charge in [0.15, 0.2) is 5.60 Å². The van der Waals surface area contributed by atoms with Crippen LogP contribution < -0.4 is 5.56 Å². The molecule has 184 valence electrons. The Labute approximate surface area is 216 Å². The predicted octanol–water partition coefficient (Wildman–Crippen LogP) is 7.20. The average Bonchev–Trinajstić information content (AvgIpc) is 3.36. The molecule has 1 aromatic heterocycles. The molecule has 6 heteroatoms. The number of oxime groups is 1. The van der Waals surface area contributed by atoms with E-state index in [-0.39, 0.29) is 5.56 Å². The normalized spacial score (nSPS) is 17.2. The number of unbranched alkanes of at least 4 members (excludes halogenated alkanes) is 2. The molecule has 0 spiro atoms. The lowest BCUT2D eigenvalue weighted by Gasteiger charge is -2.25. The Morgan fingerprint density at radius 1 is 1.00 bits per heavy atom. The lowest BCUT2D eigenvalue weighted by Crippen LogP contribution is -2.25. The number of hydrogen-bond acceptors (Lipinski definition) is 4. The van der Waals surface area contributed by atoms with Gasteiger partial charge in [-0.1, -0.05) is 79.8 Å². The van der Waals surface area contributed by atoms with Crippen molar-refractivity contribution in [1.82, 2.24) is 9.55 Å². The topological polar surface area (TPSA) is 56.5 Å². The Bertz CT molecular complexity index is 1460. The van der Waals surface area contributed by atoms with Crippen LogP contribution in [-0.2, 0) is 16.9 Å². The zero-order chi connectivity index (χ0) is 25.1. The summed E-state index contributed by atoms with van der Waals surface area (Å²) < 4.78 is 1.72. The van der Waals surface area contributed by atoms with Crippen LogP contribution in [0.5, 0.6) is 0 Å². The fraction of sp³-hybridized carbons (Fsp3) is 0.300. The molecule has 0 radical (unpaired) electrons. The average molecular weight is 500 g/mol. The third-order valence-electron chi connectivity index (χ3n) is 7.02. The summed E-state index contributed by atoms with van der Waals surface area (Å²) >= 11 is 6.10. The molecule has 3 aromatic carbocycles. The van der Waals surface area contributed by atoms with Crippen molar-refractivity contribution in [2.45, 2.75) is 58.0 Å². The van der Waals surface area contributed by atoms with Gasteiger partial charge in [-0.2, -0.15) is 0 Å². The Balaban J connectivity index is 1.55. The minimum absolute atomic E-state index is 0.0721. The number of rotatable bonds is 8. The molecule has 1 atom stereocenters. The molecular weight excluding hydrogens is 470 g/mol. The largest absolute Gasteiger partial charge is 0.384 e. The maximum absolute atomic E-state index is 13.7. The molecule has 5 nitrogen and oxygen atoms in total. The van der Waals surface area contributed by atoms with E-state index < -0.39 is 5.60 Å². The Morgan fingerprint density at radius 3 is 2.50 bits per heavy atom. The number of hydrogen-bond donors (Lipinski definition) is 0. The van der Waals surface area contributed by atoms with Crippen molar-refractivity contribution in [2.75, 3.05) is 0 Å². The van der Waals surface area contributed by atoms with Crippen molar-refractivity contribution >= 4 is 28.2 Å². The van der Waals surface area contributed by atoms with Gasteiger partial charge in [0.05, 0.1) is 22.3 Å². The monoisotopic (exact) mass is 499 g/mol. The third-order valence-corrected chi connectivity index (χ3v) is 7.27. The van der Waals surface area contributed by atoms with E-state index in [4.69, 9.17) is 21.4 Å². The first-order chi connectivity index (χ1) is 17.5. The summed E-state index contributed by atoms with van der Waals surface area (Å²) in [7, 11) is 0. The molecule has 5 rings (SSSR count). The maximum Gasteiger partial charge on any atom is 0.265 e. The quantitative estimate of drug-likeness (QED) is 0.241. The summed E-state index contributed by atoms with van der Waals surface area (Å²) in [5, 5.41) is 5.70. The zero-order valence-electron chi connectivity index (χ0n) is 20.7. The number of benzene rings is 3. The van der Waals surface area contributed by atoms with Crippen LogP contribution in [0.2, 0.25) is 5.02 Å². The molecule has 0 bridgehead atoms. The molecular formula is C30H30ClN3O2. The van der Waals surface area contributed by atoms with Crippen molar-refractivity contribution in [1.29, 1.82) is 0 Å². The highest BCUT2D eigenvalue weighted by atomic mass is 35.5. The first-order valence-electron chi connectivity index (χ1n) is 12.7. The molecule has 1 unspecified atom stereocenters. The predicted molar refractivity (Wildman–Crippen MR) is 146 cm³/mol. The van der Waals surface area contributed by atoms with Crippen molar-refractivity contribution in [3.05, 3.63) is 105 Å². The van der Waals surface area contributed by atoms with E-state index in [1.165, 1.54) is 0 Å². The fourth-order valence-corrected chi connectivity index (χ4v) is 5.02. The van der Waals surface area contributed by atoms with Crippen LogP contribution in [0, 0.1) is 0 Å². The number of nitrogens with zero attached hydrogens (tertiary/aromatic N) is 3. The van der Waals surface area contributed by atoms with E-state index in [9.17, 15) is 4.79 Å². The van der Waals surface area contributed by atoms with Crippen LogP contribution in [0.25, 0.3) is 16.6 Å². The Kier molecular flexibility index (Phi) is 6.92. The van der Waals surface area contributed by atoms with Gasteiger partial charge in [0.1, 0.15) is 5.82 Å². The first-order valence-corrected chi connectivity index (χ1v) is 13.0. The molecule has 0 N–H and O–H groups in total. The van der Waals surface area contributed by atoms with Crippen LogP contribution >= 0.6 is 11.6 Å². The molecule has 1 aliphatic rings. The van der Waals surface area contributed by atoms with E-state index >= 15 is 0 Å². The fourth-order valence-electron chi connectivity index (χ4n) is 4.89. The molecule has 0 saturated heterocycles. The van der Waals surface area contributed by atoms with Gasteiger partial charge in [0.2, 0.25) is 0 Å².